The predicted molar refractivity (Wildman–Crippen MR) is 65.0 cm³/mol. The van der Waals surface area contributed by atoms with Gasteiger partial charge in [-0.05, 0) is 18.4 Å². The van der Waals surface area contributed by atoms with Crippen molar-refractivity contribution in [1.82, 2.24) is 0 Å². The molecule has 1 atom stereocenters. The lowest BCUT2D eigenvalue weighted by atomic mass is 10.00. The Hall–Kier alpha value is -1.20. The number of thioether (sulfide) groups is 1. The summed E-state index contributed by atoms with van der Waals surface area (Å²) in [6.45, 7) is 0.603. The van der Waals surface area contributed by atoms with Crippen LogP contribution in [0, 0.1) is 0 Å². The lowest BCUT2D eigenvalue weighted by Crippen LogP contribution is -2.18. The number of carboxylic acid groups (broad SMARTS) is 1. The Morgan fingerprint density at radius 1 is 1.59 bits per heavy atom. The first kappa shape index (κ1) is 12.3. The molecular formula is C12H14O4S. The minimum Gasteiger partial charge on any atom is -0.493 e. The number of fused-ring (bicyclic) bond motifs is 1. The topological polar surface area (TPSA) is 55.8 Å². The maximum absolute atomic E-state index is 11.2. The number of hydrogen-bond acceptors (Lipinski definition) is 4. The SMILES string of the molecule is COC1CCOc2ccc(C(=O)O)c(SC)c21. The summed E-state index contributed by atoms with van der Waals surface area (Å²) in [5.74, 6) is -0.185. The summed E-state index contributed by atoms with van der Waals surface area (Å²) in [7, 11) is 1.64. The van der Waals surface area contributed by atoms with Gasteiger partial charge in [-0.25, -0.2) is 4.79 Å². The molecule has 5 heteroatoms. The largest absolute Gasteiger partial charge is 0.493 e. The number of benzene rings is 1. The van der Waals surface area contributed by atoms with Crippen molar-refractivity contribution in [2.45, 2.75) is 17.4 Å². The minimum absolute atomic E-state index is 0.0829. The predicted octanol–water partition coefficient (Wildman–Crippen LogP) is 2.58. The van der Waals surface area contributed by atoms with Gasteiger partial charge in [-0.2, -0.15) is 0 Å². The first-order valence-corrected chi connectivity index (χ1v) is 6.51. The van der Waals surface area contributed by atoms with E-state index in [1.165, 1.54) is 11.8 Å². The molecule has 0 saturated carbocycles. The van der Waals surface area contributed by atoms with Crippen LogP contribution in [-0.2, 0) is 4.74 Å². The zero-order chi connectivity index (χ0) is 12.4. The Balaban J connectivity index is 2.60. The second kappa shape index (κ2) is 4.98. The molecule has 2 rings (SSSR count). The number of hydrogen-bond donors (Lipinski definition) is 1. The molecule has 0 amide bonds. The smallest absolute Gasteiger partial charge is 0.336 e. The van der Waals surface area contributed by atoms with Crippen LogP contribution in [0.1, 0.15) is 28.4 Å². The fourth-order valence-electron chi connectivity index (χ4n) is 2.06. The van der Waals surface area contributed by atoms with Gasteiger partial charge in [0, 0.05) is 24.0 Å². The zero-order valence-electron chi connectivity index (χ0n) is 9.73. The Labute approximate surface area is 104 Å². The molecule has 1 aliphatic rings. The van der Waals surface area contributed by atoms with Gasteiger partial charge >= 0.3 is 5.97 Å². The minimum atomic E-state index is -0.919. The highest BCUT2D eigenvalue weighted by atomic mass is 32.2. The van der Waals surface area contributed by atoms with Crippen LogP contribution in [0.15, 0.2) is 17.0 Å². The van der Waals surface area contributed by atoms with Crippen LogP contribution >= 0.6 is 11.8 Å². The summed E-state index contributed by atoms with van der Waals surface area (Å²) in [6, 6.07) is 3.30. The Bertz CT molecular complexity index is 444. The number of ether oxygens (including phenoxy) is 2. The highest BCUT2D eigenvalue weighted by molar-refractivity contribution is 7.98. The maximum atomic E-state index is 11.2. The summed E-state index contributed by atoms with van der Waals surface area (Å²) in [5, 5.41) is 9.16. The van der Waals surface area contributed by atoms with Gasteiger partial charge in [0.05, 0.1) is 18.3 Å². The van der Waals surface area contributed by atoms with Crippen molar-refractivity contribution in [3.05, 3.63) is 23.3 Å². The van der Waals surface area contributed by atoms with Crippen molar-refractivity contribution < 1.29 is 19.4 Å². The van der Waals surface area contributed by atoms with Gasteiger partial charge in [-0.3, -0.25) is 0 Å². The Morgan fingerprint density at radius 3 is 2.94 bits per heavy atom. The first-order chi connectivity index (χ1) is 8.19. The normalized spacial score (nSPS) is 18.4. The summed E-state index contributed by atoms with van der Waals surface area (Å²) in [4.78, 5) is 11.9. The van der Waals surface area contributed by atoms with E-state index in [1.807, 2.05) is 6.26 Å². The van der Waals surface area contributed by atoms with Crippen molar-refractivity contribution in [2.75, 3.05) is 20.0 Å². The van der Waals surface area contributed by atoms with Crippen LogP contribution < -0.4 is 4.74 Å². The zero-order valence-corrected chi connectivity index (χ0v) is 10.5. The second-order valence-corrected chi connectivity index (χ2v) is 4.54. The average molecular weight is 254 g/mol. The molecule has 92 valence electrons. The van der Waals surface area contributed by atoms with E-state index in [1.54, 1.807) is 19.2 Å². The third-order valence-electron chi connectivity index (χ3n) is 2.83. The van der Waals surface area contributed by atoms with Crippen LogP contribution in [0.5, 0.6) is 5.75 Å². The summed E-state index contributed by atoms with van der Waals surface area (Å²) < 4.78 is 11.0. The van der Waals surface area contributed by atoms with E-state index in [0.717, 1.165) is 22.6 Å². The number of carbonyl (C=O) groups is 1. The molecule has 0 saturated heterocycles. The molecule has 1 aliphatic heterocycles. The van der Waals surface area contributed by atoms with E-state index in [-0.39, 0.29) is 6.10 Å². The van der Waals surface area contributed by atoms with Crippen LogP contribution in [-0.4, -0.2) is 31.0 Å². The van der Waals surface area contributed by atoms with Gasteiger partial charge in [0.1, 0.15) is 5.75 Å². The fourth-order valence-corrected chi connectivity index (χ4v) is 2.88. The van der Waals surface area contributed by atoms with Crippen molar-refractivity contribution in [1.29, 1.82) is 0 Å². The Morgan fingerprint density at radius 2 is 2.35 bits per heavy atom. The molecule has 17 heavy (non-hydrogen) atoms. The second-order valence-electron chi connectivity index (χ2n) is 3.72. The quantitative estimate of drug-likeness (QED) is 0.840. The third-order valence-corrected chi connectivity index (χ3v) is 3.68. The van der Waals surface area contributed by atoms with Crippen LogP contribution in [0.25, 0.3) is 0 Å². The highest BCUT2D eigenvalue weighted by Crippen LogP contribution is 2.41. The number of methoxy groups -OCH3 is 1. The van der Waals surface area contributed by atoms with E-state index < -0.39 is 5.97 Å². The van der Waals surface area contributed by atoms with Crippen molar-refractivity contribution in [2.24, 2.45) is 0 Å². The van der Waals surface area contributed by atoms with Gasteiger partial charge in [0.2, 0.25) is 0 Å². The molecule has 4 nitrogen and oxygen atoms in total. The van der Waals surface area contributed by atoms with E-state index in [4.69, 9.17) is 14.6 Å². The van der Waals surface area contributed by atoms with Gasteiger partial charge in [-0.15, -0.1) is 11.8 Å². The summed E-state index contributed by atoms with van der Waals surface area (Å²) in [5.41, 5.74) is 1.18. The molecule has 1 N–H and O–H groups in total. The van der Waals surface area contributed by atoms with Crippen molar-refractivity contribution in [3.8, 4) is 5.75 Å². The van der Waals surface area contributed by atoms with Crippen LogP contribution in [0.3, 0.4) is 0 Å². The molecule has 1 unspecified atom stereocenters. The number of rotatable bonds is 3. The molecule has 0 fully saturated rings. The van der Waals surface area contributed by atoms with E-state index >= 15 is 0 Å². The highest BCUT2D eigenvalue weighted by Gasteiger charge is 2.27. The molecule has 0 bridgehead atoms. The molecule has 1 aromatic carbocycles. The van der Waals surface area contributed by atoms with E-state index in [2.05, 4.69) is 0 Å². The van der Waals surface area contributed by atoms with E-state index in [0.29, 0.717) is 12.2 Å². The van der Waals surface area contributed by atoms with Crippen LogP contribution in [0.2, 0.25) is 0 Å². The lowest BCUT2D eigenvalue weighted by Gasteiger charge is -2.27. The molecular weight excluding hydrogens is 240 g/mol. The standard InChI is InChI=1S/C12H14O4S/c1-15-8-5-6-16-9-4-3-7(12(13)14)11(17-2)10(8)9/h3-4,8H,5-6H2,1-2H3,(H,13,14). The van der Waals surface area contributed by atoms with Gasteiger partial charge in [0.25, 0.3) is 0 Å². The van der Waals surface area contributed by atoms with Gasteiger partial charge < -0.3 is 14.6 Å². The molecule has 0 aromatic heterocycles. The van der Waals surface area contributed by atoms with E-state index in [9.17, 15) is 4.79 Å². The van der Waals surface area contributed by atoms with Crippen LogP contribution in [0.4, 0.5) is 0 Å². The third kappa shape index (κ3) is 2.12. The summed E-state index contributed by atoms with van der Waals surface area (Å²) in [6.07, 6.45) is 2.53. The van der Waals surface area contributed by atoms with Gasteiger partial charge in [0.15, 0.2) is 0 Å². The molecule has 0 radical (unpaired) electrons. The lowest BCUT2D eigenvalue weighted by molar-refractivity contribution is 0.0601. The molecule has 0 aliphatic carbocycles. The van der Waals surface area contributed by atoms with Crippen molar-refractivity contribution in [3.63, 3.8) is 0 Å². The summed E-state index contributed by atoms with van der Waals surface area (Å²) >= 11 is 1.42. The fraction of sp³-hybridized carbons (Fsp3) is 0.417. The molecule has 0 spiro atoms. The molecule has 1 heterocycles. The van der Waals surface area contributed by atoms with Crippen molar-refractivity contribution >= 4 is 17.7 Å². The number of aromatic carboxylic acids is 1. The average Bonchev–Trinajstić information content (AvgIpc) is 2.36. The van der Waals surface area contributed by atoms with Gasteiger partial charge in [-0.1, -0.05) is 0 Å². The Kier molecular flexibility index (Phi) is 3.59. The number of carboxylic acids is 1. The first-order valence-electron chi connectivity index (χ1n) is 5.28. The monoisotopic (exact) mass is 254 g/mol. The maximum Gasteiger partial charge on any atom is 0.336 e. The molecule has 1 aromatic rings.